The summed E-state index contributed by atoms with van der Waals surface area (Å²) in [6.07, 6.45) is 0. The van der Waals surface area contributed by atoms with E-state index >= 15 is 0 Å². The molecule has 0 saturated carbocycles. The second-order valence-electron chi connectivity index (χ2n) is 6.10. The molecular formula is C20H24ClN3O. The number of halogens is 1. The number of rotatable bonds is 5. The minimum Gasteiger partial charge on any atom is -0.378 e. The Bertz CT molecular complexity index is 688. The third kappa shape index (κ3) is 5.20. The lowest BCUT2D eigenvalue weighted by atomic mass is 10.1. The molecule has 1 aliphatic rings. The van der Waals surface area contributed by atoms with Gasteiger partial charge in [0.2, 0.25) is 0 Å². The molecule has 2 aromatic carbocycles. The second kappa shape index (κ2) is 9.43. The second-order valence-corrected chi connectivity index (χ2v) is 6.10. The van der Waals surface area contributed by atoms with Crippen LogP contribution in [-0.4, -0.2) is 26.3 Å². The summed E-state index contributed by atoms with van der Waals surface area (Å²) in [6, 6.07) is 18.9. The monoisotopic (exact) mass is 357 g/mol. The van der Waals surface area contributed by atoms with E-state index in [0.29, 0.717) is 5.56 Å². The van der Waals surface area contributed by atoms with Gasteiger partial charge in [-0.25, -0.2) is 0 Å². The number of nitriles is 1. The lowest BCUT2D eigenvalue weighted by Crippen LogP contribution is -2.36. The fourth-order valence-corrected chi connectivity index (χ4v) is 2.88. The van der Waals surface area contributed by atoms with Crippen molar-refractivity contribution in [1.82, 2.24) is 5.32 Å². The predicted molar refractivity (Wildman–Crippen MR) is 103 cm³/mol. The third-order valence-electron chi connectivity index (χ3n) is 4.46. The molecule has 1 fully saturated rings. The summed E-state index contributed by atoms with van der Waals surface area (Å²) in [5.74, 6) is 0. The lowest BCUT2D eigenvalue weighted by molar-refractivity contribution is 0.122. The van der Waals surface area contributed by atoms with Gasteiger partial charge in [0.05, 0.1) is 24.8 Å². The molecule has 25 heavy (non-hydrogen) atoms. The van der Waals surface area contributed by atoms with Gasteiger partial charge in [-0.3, -0.25) is 0 Å². The highest BCUT2D eigenvalue weighted by Crippen LogP contribution is 2.20. The maximum absolute atomic E-state index is 8.84. The molecule has 0 aromatic heterocycles. The summed E-state index contributed by atoms with van der Waals surface area (Å²) in [5.41, 5.74) is 4.43. The highest BCUT2D eigenvalue weighted by atomic mass is 35.5. The molecule has 0 aliphatic carbocycles. The van der Waals surface area contributed by atoms with Gasteiger partial charge in [-0.15, -0.1) is 12.4 Å². The molecule has 1 saturated heterocycles. The Labute approximate surface area is 155 Å². The van der Waals surface area contributed by atoms with Crippen molar-refractivity contribution in [2.24, 2.45) is 0 Å². The van der Waals surface area contributed by atoms with Crippen molar-refractivity contribution in [3.8, 4) is 6.07 Å². The molecule has 3 rings (SSSR count). The van der Waals surface area contributed by atoms with Crippen LogP contribution in [0.3, 0.4) is 0 Å². The van der Waals surface area contributed by atoms with Gasteiger partial charge in [-0.05, 0) is 42.3 Å². The zero-order valence-corrected chi connectivity index (χ0v) is 15.3. The van der Waals surface area contributed by atoms with Crippen molar-refractivity contribution < 1.29 is 4.74 Å². The van der Waals surface area contributed by atoms with Crippen LogP contribution in [-0.2, 0) is 11.3 Å². The minimum absolute atomic E-state index is 0. The molecule has 5 heteroatoms. The highest BCUT2D eigenvalue weighted by molar-refractivity contribution is 5.85. The maximum Gasteiger partial charge on any atom is 0.0991 e. The van der Waals surface area contributed by atoms with Crippen LogP contribution in [0.2, 0.25) is 0 Å². The largest absolute Gasteiger partial charge is 0.378 e. The minimum atomic E-state index is 0. The molecule has 2 aromatic rings. The standard InChI is InChI=1S/C20H23N3O.ClH/c1-16(22-15-18-4-2-17(14-21)3-5-18)19-6-8-20(9-7-19)23-10-12-24-13-11-23;/h2-9,16,22H,10-13,15H2,1H3;1H. The molecule has 0 radical (unpaired) electrons. The van der Waals surface area contributed by atoms with E-state index in [-0.39, 0.29) is 18.4 Å². The lowest BCUT2D eigenvalue weighted by Gasteiger charge is -2.29. The molecule has 0 spiro atoms. The Morgan fingerprint density at radius 3 is 2.32 bits per heavy atom. The first-order valence-electron chi connectivity index (χ1n) is 8.41. The van der Waals surface area contributed by atoms with Crippen molar-refractivity contribution >= 4 is 18.1 Å². The quantitative estimate of drug-likeness (QED) is 0.887. The van der Waals surface area contributed by atoms with Crippen molar-refractivity contribution in [3.63, 3.8) is 0 Å². The van der Waals surface area contributed by atoms with Crippen LogP contribution in [0.25, 0.3) is 0 Å². The number of hydrogen-bond donors (Lipinski definition) is 1. The fraction of sp³-hybridized carbons (Fsp3) is 0.350. The first-order chi connectivity index (χ1) is 11.8. The number of hydrogen-bond acceptors (Lipinski definition) is 4. The summed E-state index contributed by atoms with van der Waals surface area (Å²) in [4.78, 5) is 2.36. The Morgan fingerprint density at radius 1 is 1.08 bits per heavy atom. The van der Waals surface area contributed by atoms with Gasteiger partial charge in [-0.2, -0.15) is 5.26 Å². The summed E-state index contributed by atoms with van der Waals surface area (Å²) in [5, 5.41) is 12.4. The van der Waals surface area contributed by atoms with Crippen LogP contribution in [0, 0.1) is 11.3 Å². The van der Waals surface area contributed by atoms with E-state index in [1.807, 2.05) is 24.3 Å². The molecule has 4 nitrogen and oxygen atoms in total. The number of ether oxygens (including phenoxy) is 1. The Balaban J connectivity index is 0.00000225. The summed E-state index contributed by atoms with van der Waals surface area (Å²) >= 11 is 0. The Morgan fingerprint density at radius 2 is 1.72 bits per heavy atom. The van der Waals surface area contributed by atoms with E-state index in [4.69, 9.17) is 10.00 Å². The fourth-order valence-electron chi connectivity index (χ4n) is 2.88. The summed E-state index contributed by atoms with van der Waals surface area (Å²) in [6.45, 7) is 6.51. The van der Waals surface area contributed by atoms with E-state index < -0.39 is 0 Å². The van der Waals surface area contributed by atoms with E-state index in [9.17, 15) is 0 Å². The van der Waals surface area contributed by atoms with Crippen LogP contribution in [0.15, 0.2) is 48.5 Å². The molecule has 1 atom stereocenters. The molecule has 1 aliphatic heterocycles. The van der Waals surface area contributed by atoms with Gasteiger partial charge >= 0.3 is 0 Å². The first kappa shape index (κ1) is 19.3. The van der Waals surface area contributed by atoms with Crippen molar-refractivity contribution in [1.29, 1.82) is 5.26 Å². The number of morpholine rings is 1. The smallest absolute Gasteiger partial charge is 0.0991 e. The van der Waals surface area contributed by atoms with Crippen LogP contribution in [0.1, 0.15) is 29.7 Å². The normalized spacial score (nSPS) is 15.1. The third-order valence-corrected chi connectivity index (χ3v) is 4.46. The summed E-state index contributed by atoms with van der Waals surface area (Å²) < 4.78 is 5.40. The molecule has 0 bridgehead atoms. The van der Waals surface area contributed by atoms with E-state index in [0.717, 1.165) is 32.8 Å². The Hall–Kier alpha value is -2.06. The average Bonchev–Trinajstić information content (AvgIpc) is 2.67. The van der Waals surface area contributed by atoms with Gasteiger partial charge in [0.1, 0.15) is 0 Å². The van der Waals surface area contributed by atoms with E-state index in [1.165, 1.54) is 16.8 Å². The van der Waals surface area contributed by atoms with Crippen molar-refractivity contribution in [2.45, 2.75) is 19.5 Å². The van der Waals surface area contributed by atoms with Crippen LogP contribution in [0.4, 0.5) is 5.69 Å². The number of benzene rings is 2. The SMILES string of the molecule is CC(NCc1ccc(C#N)cc1)c1ccc(N2CCOCC2)cc1.Cl. The molecule has 1 unspecified atom stereocenters. The van der Waals surface area contributed by atoms with E-state index in [2.05, 4.69) is 47.5 Å². The topological polar surface area (TPSA) is 48.3 Å². The zero-order valence-electron chi connectivity index (χ0n) is 14.4. The Kier molecular flexibility index (Phi) is 7.27. The molecular weight excluding hydrogens is 334 g/mol. The zero-order chi connectivity index (χ0) is 16.8. The number of nitrogens with zero attached hydrogens (tertiary/aromatic N) is 2. The molecule has 1 N–H and O–H groups in total. The predicted octanol–water partition coefficient (Wildman–Crippen LogP) is 3.67. The molecule has 132 valence electrons. The first-order valence-corrected chi connectivity index (χ1v) is 8.41. The van der Waals surface area contributed by atoms with E-state index in [1.54, 1.807) is 0 Å². The average molecular weight is 358 g/mol. The molecule has 0 amide bonds. The van der Waals surface area contributed by atoms with Crippen LogP contribution in [0.5, 0.6) is 0 Å². The maximum atomic E-state index is 8.84. The van der Waals surface area contributed by atoms with Gasteiger partial charge in [0.15, 0.2) is 0 Å². The number of anilines is 1. The van der Waals surface area contributed by atoms with Gasteiger partial charge in [0, 0.05) is 31.4 Å². The van der Waals surface area contributed by atoms with Crippen molar-refractivity contribution in [2.75, 3.05) is 31.2 Å². The highest BCUT2D eigenvalue weighted by Gasteiger charge is 2.12. The molecule has 1 heterocycles. The van der Waals surface area contributed by atoms with Gasteiger partial charge < -0.3 is 15.0 Å². The van der Waals surface area contributed by atoms with Gasteiger partial charge in [-0.1, -0.05) is 24.3 Å². The van der Waals surface area contributed by atoms with Gasteiger partial charge in [0.25, 0.3) is 0 Å². The van der Waals surface area contributed by atoms with Crippen LogP contribution >= 0.6 is 12.4 Å². The van der Waals surface area contributed by atoms with Crippen molar-refractivity contribution in [3.05, 3.63) is 65.2 Å². The van der Waals surface area contributed by atoms with Crippen LogP contribution < -0.4 is 10.2 Å². The summed E-state index contributed by atoms with van der Waals surface area (Å²) in [7, 11) is 0. The number of nitrogens with one attached hydrogen (secondary N) is 1.